The number of nitriles is 1. The zero-order valence-electron chi connectivity index (χ0n) is 16.0. The number of para-hydroxylation sites is 1. The van der Waals surface area contributed by atoms with E-state index in [-0.39, 0.29) is 5.91 Å². The summed E-state index contributed by atoms with van der Waals surface area (Å²) in [6, 6.07) is 13.7. The average Bonchev–Trinajstić information content (AvgIpc) is 3.18. The second kappa shape index (κ2) is 6.22. The third-order valence-electron chi connectivity index (χ3n) is 5.85. The summed E-state index contributed by atoms with van der Waals surface area (Å²) >= 11 is 0. The van der Waals surface area contributed by atoms with Crippen LogP contribution in [0.4, 0.5) is 0 Å². The molecular formula is C23H16N6O. The molecule has 144 valence electrons. The minimum Gasteiger partial charge on any atom is -0.333 e. The summed E-state index contributed by atoms with van der Waals surface area (Å²) in [7, 11) is 0. The Morgan fingerprint density at radius 1 is 1.13 bits per heavy atom. The second-order valence-electron chi connectivity index (χ2n) is 7.66. The van der Waals surface area contributed by atoms with Gasteiger partial charge < -0.3 is 5.32 Å². The van der Waals surface area contributed by atoms with E-state index in [1.54, 1.807) is 4.68 Å². The van der Waals surface area contributed by atoms with Crippen LogP contribution < -0.4 is 5.32 Å². The lowest BCUT2D eigenvalue weighted by Crippen LogP contribution is -2.44. The molecule has 1 aliphatic heterocycles. The largest absolute Gasteiger partial charge is 0.333 e. The maximum atomic E-state index is 12.6. The third kappa shape index (κ3) is 2.44. The van der Waals surface area contributed by atoms with Crippen LogP contribution in [-0.4, -0.2) is 31.7 Å². The molecule has 1 unspecified atom stereocenters. The Balaban J connectivity index is 1.49. The summed E-state index contributed by atoms with van der Waals surface area (Å²) in [5.74, 6) is -0.224. The van der Waals surface area contributed by atoms with E-state index in [2.05, 4.69) is 27.4 Å². The monoisotopic (exact) mass is 392 g/mol. The van der Waals surface area contributed by atoms with E-state index >= 15 is 0 Å². The lowest BCUT2D eigenvalue weighted by atomic mass is 9.89. The maximum Gasteiger partial charge on any atom is 0.270 e. The van der Waals surface area contributed by atoms with Crippen molar-refractivity contribution >= 4 is 16.8 Å². The lowest BCUT2D eigenvalue weighted by Gasteiger charge is -2.20. The molecule has 1 amide bonds. The van der Waals surface area contributed by atoms with E-state index in [1.165, 1.54) is 0 Å². The van der Waals surface area contributed by atoms with Crippen molar-refractivity contribution < 1.29 is 4.79 Å². The highest BCUT2D eigenvalue weighted by molar-refractivity contribution is 5.97. The SMILES string of the molecule is N#CC1Cn2nc3c(c2C(=O)N1)CCc1cnc(-c2cnc4ccccc4c2)cc1-3. The Kier molecular flexibility index (Phi) is 3.50. The fourth-order valence-corrected chi connectivity index (χ4v) is 4.39. The molecule has 1 aliphatic carbocycles. The number of rotatable bonds is 1. The first-order valence-electron chi connectivity index (χ1n) is 9.86. The topological polar surface area (TPSA) is 96.5 Å². The number of nitrogens with zero attached hydrogens (tertiary/aromatic N) is 5. The number of benzene rings is 1. The highest BCUT2D eigenvalue weighted by Gasteiger charge is 2.33. The molecule has 4 aromatic rings. The molecule has 1 atom stereocenters. The average molecular weight is 392 g/mol. The number of pyridine rings is 2. The van der Waals surface area contributed by atoms with E-state index in [4.69, 9.17) is 5.10 Å². The van der Waals surface area contributed by atoms with Gasteiger partial charge in [0.15, 0.2) is 0 Å². The van der Waals surface area contributed by atoms with Crippen molar-refractivity contribution in [3.05, 3.63) is 65.6 Å². The highest BCUT2D eigenvalue weighted by Crippen LogP contribution is 2.37. The number of aromatic nitrogens is 4. The molecule has 0 bridgehead atoms. The molecular weight excluding hydrogens is 376 g/mol. The van der Waals surface area contributed by atoms with Gasteiger partial charge in [-0.3, -0.25) is 19.4 Å². The summed E-state index contributed by atoms with van der Waals surface area (Å²) in [5, 5.41) is 17.8. The molecule has 1 N–H and O–H groups in total. The molecule has 1 aromatic carbocycles. The minimum absolute atomic E-state index is 0.224. The zero-order chi connectivity index (χ0) is 20.2. The van der Waals surface area contributed by atoms with Crippen LogP contribution in [0.15, 0.2) is 48.8 Å². The molecule has 0 saturated carbocycles. The van der Waals surface area contributed by atoms with Gasteiger partial charge in [0.1, 0.15) is 11.7 Å². The summed E-state index contributed by atoms with van der Waals surface area (Å²) < 4.78 is 1.68. The van der Waals surface area contributed by atoms with Gasteiger partial charge in [0.05, 0.1) is 29.5 Å². The Morgan fingerprint density at radius 2 is 2.03 bits per heavy atom. The van der Waals surface area contributed by atoms with Crippen LogP contribution in [0.3, 0.4) is 0 Å². The van der Waals surface area contributed by atoms with Crippen LogP contribution in [-0.2, 0) is 19.4 Å². The Morgan fingerprint density at radius 3 is 2.93 bits per heavy atom. The van der Waals surface area contributed by atoms with Crippen molar-refractivity contribution in [3.8, 4) is 28.6 Å². The molecule has 0 radical (unpaired) electrons. The van der Waals surface area contributed by atoms with Gasteiger partial charge in [-0.25, -0.2) is 0 Å². The molecule has 30 heavy (non-hydrogen) atoms. The van der Waals surface area contributed by atoms with Crippen LogP contribution in [0.25, 0.3) is 33.4 Å². The summed E-state index contributed by atoms with van der Waals surface area (Å²) in [6.45, 7) is 0.368. The Labute approximate surface area is 172 Å². The van der Waals surface area contributed by atoms with Gasteiger partial charge in [0, 0.05) is 34.5 Å². The molecule has 3 aromatic heterocycles. The van der Waals surface area contributed by atoms with Crippen LogP contribution in [0.5, 0.6) is 0 Å². The number of hydrogen-bond acceptors (Lipinski definition) is 5. The number of aryl methyl sites for hydroxylation is 1. The lowest BCUT2D eigenvalue weighted by molar-refractivity contribution is 0.0909. The van der Waals surface area contributed by atoms with Gasteiger partial charge in [-0.1, -0.05) is 18.2 Å². The van der Waals surface area contributed by atoms with E-state index in [9.17, 15) is 10.1 Å². The van der Waals surface area contributed by atoms with Gasteiger partial charge in [0.25, 0.3) is 5.91 Å². The minimum atomic E-state index is -0.553. The van der Waals surface area contributed by atoms with Crippen molar-refractivity contribution in [2.45, 2.75) is 25.4 Å². The summed E-state index contributed by atoms with van der Waals surface area (Å²) in [5.41, 5.74) is 7.17. The van der Waals surface area contributed by atoms with Crippen molar-refractivity contribution in [1.29, 1.82) is 5.26 Å². The highest BCUT2D eigenvalue weighted by atomic mass is 16.2. The standard InChI is InChI=1S/C23H16N6O/c24-9-16-12-29-22(23(30)27-16)17-6-5-14-10-26-20(8-18(14)21(17)28-29)15-7-13-3-1-2-4-19(13)25-11-15/h1-4,7-8,10-11,16H,5-6,12H2,(H,27,30). The van der Waals surface area contributed by atoms with Crippen LogP contribution >= 0.6 is 0 Å². The quantitative estimate of drug-likeness (QED) is 0.537. The Hall–Kier alpha value is -4.05. The van der Waals surface area contributed by atoms with Crippen LogP contribution in [0.1, 0.15) is 21.6 Å². The van der Waals surface area contributed by atoms with Crippen LogP contribution in [0, 0.1) is 11.3 Å². The van der Waals surface area contributed by atoms with Gasteiger partial charge in [0.2, 0.25) is 0 Å². The predicted octanol–water partition coefficient (Wildman–Crippen LogP) is 2.89. The van der Waals surface area contributed by atoms with E-state index in [0.29, 0.717) is 12.2 Å². The molecule has 0 fully saturated rings. The van der Waals surface area contributed by atoms with E-state index in [0.717, 1.165) is 57.4 Å². The zero-order valence-corrected chi connectivity index (χ0v) is 16.0. The number of amides is 1. The van der Waals surface area contributed by atoms with Gasteiger partial charge >= 0.3 is 0 Å². The molecule has 2 aliphatic rings. The van der Waals surface area contributed by atoms with E-state index < -0.39 is 6.04 Å². The Bertz CT molecular complexity index is 1400. The summed E-state index contributed by atoms with van der Waals surface area (Å²) in [6.07, 6.45) is 5.28. The van der Waals surface area contributed by atoms with E-state index in [1.807, 2.05) is 42.7 Å². The normalized spacial score (nSPS) is 16.9. The molecule has 4 heterocycles. The summed E-state index contributed by atoms with van der Waals surface area (Å²) in [4.78, 5) is 21.8. The first kappa shape index (κ1) is 16.9. The van der Waals surface area contributed by atoms with Crippen LogP contribution in [0.2, 0.25) is 0 Å². The second-order valence-corrected chi connectivity index (χ2v) is 7.66. The van der Waals surface area contributed by atoms with Crippen molar-refractivity contribution in [1.82, 2.24) is 25.1 Å². The number of hydrogen-bond donors (Lipinski definition) is 1. The van der Waals surface area contributed by atoms with Gasteiger partial charge in [-0.2, -0.15) is 10.4 Å². The van der Waals surface area contributed by atoms with Crippen molar-refractivity contribution in [2.75, 3.05) is 0 Å². The number of carbonyl (C=O) groups is 1. The number of carbonyl (C=O) groups excluding carboxylic acids is 1. The molecule has 6 rings (SSSR count). The fourth-order valence-electron chi connectivity index (χ4n) is 4.39. The molecule has 7 nitrogen and oxygen atoms in total. The smallest absolute Gasteiger partial charge is 0.270 e. The van der Waals surface area contributed by atoms with Crippen molar-refractivity contribution in [2.24, 2.45) is 0 Å². The maximum absolute atomic E-state index is 12.6. The number of fused-ring (bicyclic) bond motifs is 6. The van der Waals surface area contributed by atoms with Gasteiger partial charge in [-0.15, -0.1) is 0 Å². The van der Waals surface area contributed by atoms with Gasteiger partial charge in [-0.05, 0) is 36.6 Å². The first-order chi connectivity index (χ1) is 14.7. The number of nitrogens with one attached hydrogen (secondary N) is 1. The molecule has 7 heteroatoms. The fraction of sp³-hybridized carbons (Fsp3) is 0.174. The molecule has 0 saturated heterocycles. The predicted molar refractivity (Wildman–Crippen MR) is 110 cm³/mol. The van der Waals surface area contributed by atoms with Crippen molar-refractivity contribution in [3.63, 3.8) is 0 Å². The molecule has 0 spiro atoms. The third-order valence-corrected chi connectivity index (χ3v) is 5.85. The first-order valence-corrected chi connectivity index (χ1v) is 9.86.